The fraction of sp³-hybridized carbons (Fsp3) is 0.312. The summed E-state index contributed by atoms with van der Waals surface area (Å²) in [5.74, 6) is -1.41. The van der Waals surface area contributed by atoms with Crippen LogP contribution in [0.2, 0.25) is 0 Å². The summed E-state index contributed by atoms with van der Waals surface area (Å²) in [7, 11) is -4.98. The average molecular weight is 451 g/mol. The Labute approximate surface area is 166 Å². The molecule has 0 aliphatic heterocycles. The van der Waals surface area contributed by atoms with Crippen LogP contribution in [0.1, 0.15) is 17.0 Å². The molecular formula is C16H14F5N5O3S. The largest absolute Gasteiger partial charge is 0.486 e. The number of anilines is 1. The Bertz CT molecular complexity index is 1190. The molecule has 0 saturated carbocycles. The SMILES string of the molecule is Cc1cc(C)n2nc(NS(=O)(=O)c3c(OCC(F)F)cccc3C(F)(F)F)nc2n1. The van der Waals surface area contributed by atoms with Gasteiger partial charge in [0, 0.05) is 11.4 Å². The van der Waals surface area contributed by atoms with Crippen molar-refractivity contribution in [2.45, 2.75) is 31.3 Å². The predicted octanol–water partition coefficient (Wildman–Crippen LogP) is 3.20. The van der Waals surface area contributed by atoms with E-state index in [1.807, 2.05) is 4.72 Å². The number of rotatable bonds is 6. The molecule has 0 atom stereocenters. The fourth-order valence-electron chi connectivity index (χ4n) is 2.66. The van der Waals surface area contributed by atoms with E-state index in [9.17, 15) is 30.4 Å². The van der Waals surface area contributed by atoms with Crippen molar-refractivity contribution in [3.63, 3.8) is 0 Å². The van der Waals surface area contributed by atoms with Crippen molar-refractivity contribution in [2.24, 2.45) is 0 Å². The summed E-state index contributed by atoms with van der Waals surface area (Å²) < 4.78 is 98.4. The van der Waals surface area contributed by atoms with Gasteiger partial charge in [-0.15, -0.1) is 5.10 Å². The van der Waals surface area contributed by atoms with Crippen LogP contribution in [0.4, 0.5) is 27.9 Å². The van der Waals surface area contributed by atoms with E-state index in [0.29, 0.717) is 17.5 Å². The lowest BCUT2D eigenvalue weighted by Gasteiger charge is -2.17. The zero-order valence-electron chi connectivity index (χ0n) is 15.4. The van der Waals surface area contributed by atoms with Crippen LogP contribution in [-0.2, 0) is 16.2 Å². The Kier molecular flexibility index (Phi) is 5.54. The van der Waals surface area contributed by atoms with Crippen LogP contribution >= 0.6 is 0 Å². The number of ether oxygens (including phenoxy) is 1. The highest BCUT2D eigenvalue weighted by atomic mass is 32.2. The molecular weight excluding hydrogens is 437 g/mol. The number of nitrogens with zero attached hydrogens (tertiary/aromatic N) is 4. The summed E-state index contributed by atoms with van der Waals surface area (Å²) in [6.45, 7) is 2.01. The number of aromatic nitrogens is 4. The molecule has 0 radical (unpaired) electrons. The number of fused-ring (bicyclic) bond motifs is 1. The van der Waals surface area contributed by atoms with Gasteiger partial charge in [0.15, 0.2) is 0 Å². The van der Waals surface area contributed by atoms with Gasteiger partial charge < -0.3 is 4.74 Å². The van der Waals surface area contributed by atoms with E-state index in [-0.39, 0.29) is 5.78 Å². The quantitative estimate of drug-likeness (QED) is 0.578. The van der Waals surface area contributed by atoms with Gasteiger partial charge in [0.05, 0.1) is 5.56 Å². The summed E-state index contributed by atoms with van der Waals surface area (Å²) >= 11 is 0. The molecule has 2 heterocycles. The van der Waals surface area contributed by atoms with Crippen LogP contribution in [0, 0.1) is 13.8 Å². The minimum absolute atomic E-state index is 0.0171. The average Bonchev–Trinajstić information content (AvgIpc) is 3.00. The molecule has 0 aliphatic rings. The van der Waals surface area contributed by atoms with Gasteiger partial charge in [-0.3, -0.25) is 0 Å². The lowest BCUT2D eigenvalue weighted by Crippen LogP contribution is -2.21. The van der Waals surface area contributed by atoms with Crippen molar-refractivity contribution >= 4 is 21.7 Å². The number of sulfonamides is 1. The number of alkyl halides is 5. The third-order valence-corrected chi connectivity index (χ3v) is 5.17. The molecule has 162 valence electrons. The maximum absolute atomic E-state index is 13.4. The lowest BCUT2D eigenvalue weighted by atomic mass is 10.2. The Morgan fingerprint density at radius 2 is 1.90 bits per heavy atom. The molecule has 2 aromatic heterocycles. The smallest absolute Gasteiger partial charge is 0.417 e. The van der Waals surface area contributed by atoms with E-state index in [0.717, 1.165) is 12.1 Å². The Hall–Kier alpha value is -3.03. The minimum atomic E-state index is -5.10. The first-order chi connectivity index (χ1) is 13.9. The lowest BCUT2D eigenvalue weighted by molar-refractivity contribution is -0.140. The van der Waals surface area contributed by atoms with Gasteiger partial charge in [0.2, 0.25) is 0 Å². The van der Waals surface area contributed by atoms with Crippen molar-refractivity contribution < 1.29 is 35.1 Å². The van der Waals surface area contributed by atoms with Gasteiger partial charge in [-0.2, -0.15) is 22.7 Å². The van der Waals surface area contributed by atoms with Crippen molar-refractivity contribution in [3.05, 3.63) is 41.2 Å². The first-order valence-electron chi connectivity index (χ1n) is 8.23. The second-order valence-corrected chi connectivity index (χ2v) is 7.74. The van der Waals surface area contributed by atoms with Crippen LogP contribution in [0.15, 0.2) is 29.2 Å². The molecule has 0 amide bonds. The zero-order chi connectivity index (χ0) is 22.3. The fourth-order valence-corrected chi connectivity index (χ4v) is 3.96. The Morgan fingerprint density at radius 1 is 1.20 bits per heavy atom. The summed E-state index contributed by atoms with van der Waals surface area (Å²) in [6, 6.07) is 3.82. The molecule has 0 aliphatic carbocycles. The van der Waals surface area contributed by atoms with Gasteiger partial charge in [0.25, 0.3) is 28.2 Å². The van der Waals surface area contributed by atoms with E-state index in [1.165, 1.54) is 4.52 Å². The number of nitrogens with one attached hydrogen (secondary N) is 1. The van der Waals surface area contributed by atoms with E-state index in [4.69, 9.17) is 0 Å². The second-order valence-electron chi connectivity index (χ2n) is 6.12. The van der Waals surface area contributed by atoms with Crippen LogP contribution in [0.25, 0.3) is 5.78 Å². The third-order valence-electron chi connectivity index (χ3n) is 3.76. The Balaban J connectivity index is 2.09. The molecule has 0 saturated heterocycles. The first-order valence-corrected chi connectivity index (χ1v) is 9.72. The predicted molar refractivity (Wildman–Crippen MR) is 94.0 cm³/mol. The van der Waals surface area contributed by atoms with Gasteiger partial charge in [-0.1, -0.05) is 6.07 Å². The summed E-state index contributed by atoms with van der Waals surface area (Å²) in [5.41, 5.74) is -0.477. The van der Waals surface area contributed by atoms with E-state index >= 15 is 0 Å². The standard InChI is InChI=1S/C16H14F5N5O3S/c1-8-6-9(2)26-15(22-8)23-14(24-26)25-30(27,28)13-10(16(19,20)21)4-3-5-11(13)29-7-12(17)18/h3-6,12H,7H2,1-2H3,(H,24,25). The number of hydrogen-bond acceptors (Lipinski definition) is 6. The first kappa shape index (κ1) is 21.7. The molecule has 8 nitrogen and oxygen atoms in total. The van der Waals surface area contributed by atoms with E-state index < -0.39 is 51.4 Å². The highest BCUT2D eigenvalue weighted by Gasteiger charge is 2.40. The maximum Gasteiger partial charge on any atom is 0.417 e. The zero-order valence-corrected chi connectivity index (χ0v) is 16.2. The molecule has 30 heavy (non-hydrogen) atoms. The number of halogens is 5. The third kappa shape index (κ3) is 4.42. The molecule has 3 aromatic rings. The van der Waals surface area contributed by atoms with E-state index in [2.05, 4.69) is 19.8 Å². The van der Waals surface area contributed by atoms with Gasteiger partial charge in [-0.25, -0.2) is 26.9 Å². The normalized spacial score (nSPS) is 12.5. The topological polar surface area (TPSA) is 98.5 Å². The minimum Gasteiger partial charge on any atom is -0.486 e. The van der Waals surface area contributed by atoms with Gasteiger partial charge in [0.1, 0.15) is 17.3 Å². The van der Waals surface area contributed by atoms with Crippen LogP contribution in [0.3, 0.4) is 0 Å². The number of hydrogen-bond donors (Lipinski definition) is 1. The molecule has 14 heteroatoms. The number of aryl methyl sites for hydroxylation is 2. The van der Waals surface area contributed by atoms with Crippen molar-refractivity contribution in [3.8, 4) is 5.75 Å². The monoisotopic (exact) mass is 451 g/mol. The molecule has 1 N–H and O–H groups in total. The van der Waals surface area contributed by atoms with Crippen LogP contribution in [0.5, 0.6) is 5.75 Å². The molecule has 1 aromatic carbocycles. The van der Waals surface area contributed by atoms with Gasteiger partial charge in [-0.05, 0) is 32.0 Å². The van der Waals surface area contributed by atoms with Crippen molar-refractivity contribution in [1.82, 2.24) is 19.6 Å². The van der Waals surface area contributed by atoms with Crippen LogP contribution in [-0.4, -0.2) is 41.0 Å². The van der Waals surface area contributed by atoms with E-state index in [1.54, 1.807) is 19.9 Å². The van der Waals surface area contributed by atoms with Gasteiger partial charge >= 0.3 is 6.18 Å². The highest BCUT2D eigenvalue weighted by molar-refractivity contribution is 7.92. The van der Waals surface area contributed by atoms with Crippen molar-refractivity contribution in [2.75, 3.05) is 11.3 Å². The molecule has 3 rings (SSSR count). The molecule has 0 fully saturated rings. The molecule has 0 spiro atoms. The van der Waals surface area contributed by atoms with Crippen molar-refractivity contribution in [1.29, 1.82) is 0 Å². The highest BCUT2D eigenvalue weighted by Crippen LogP contribution is 2.39. The number of benzene rings is 1. The summed E-state index contributed by atoms with van der Waals surface area (Å²) in [6.07, 6.45) is -8.13. The summed E-state index contributed by atoms with van der Waals surface area (Å²) in [5, 5.41) is 3.87. The maximum atomic E-state index is 13.4. The molecule has 0 bridgehead atoms. The molecule has 0 unspecified atom stereocenters. The summed E-state index contributed by atoms with van der Waals surface area (Å²) in [4.78, 5) is 6.55. The van der Waals surface area contributed by atoms with Crippen LogP contribution < -0.4 is 9.46 Å². The Morgan fingerprint density at radius 3 is 2.53 bits per heavy atom. The second kappa shape index (κ2) is 7.66.